The molecule has 3 aromatic rings. The van der Waals surface area contributed by atoms with Crippen LogP contribution in [-0.4, -0.2) is 28.7 Å². The largest absolute Gasteiger partial charge is 0.486 e. The van der Waals surface area contributed by atoms with Gasteiger partial charge in [-0.3, -0.25) is 4.79 Å². The molecule has 1 aliphatic carbocycles. The molecule has 5 rings (SSSR count). The van der Waals surface area contributed by atoms with Crippen LogP contribution in [0.1, 0.15) is 42.4 Å². The normalized spacial score (nSPS) is 16.8. The van der Waals surface area contributed by atoms with Gasteiger partial charge >= 0.3 is 0 Å². The third-order valence-electron chi connectivity index (χ3n) is 6.36. The highest BCUT2D eigenvalue weighted by atomic mass is 16.6. The number of carbonyl (C=O) groups is 1. The van der Waals surface area contributed by atoms with Crippen LogP contribution in [0.2, 0.25) is 0 Å². The molecule has 1 aromatic heterocycles. The number of carbonyl (C=O) groups excluding carboxylic acids is 1. The van der Waals surface area contributed by atoms with Gasteiger partial charge in [0.05, 0.1) is 11.7 Å². The van der Waals surface area contributed by atoms with Gasteiger partial charge in [-0.1, -0.05) is 43.2 Å². The average Bonchev–Trinajstić information content (AvgIpc) is 3.50. The minimum absolute atomic E-state index is 0.0988. The Morgan fingerprint density at radius 1 is 1.03 bits per heavy atom. The second-order valence-electron chi connectivity index (χ2n) is 8.39. The predicted molar refractivity (Wildman–Crippen MR) is 117 cm³/mol. The predicted octanol–water partition coefficient (Wildman–Crippen LogP) is 3.83. The number of ether oxygens (including phenoxy) is 2. The van der Waals surface area contributed by atoms with Crippen molar-refractivity contribution in [2.24, 2.45) is 0 Å². The van der Waals surface area contributed by atoms with Gasteiger partial charge < -0.3 is 19.4 Å². The topological polar surface area (TPSA) is 65.4 Å². The first kappa shape index (κ1) is 19.7. The van der Waals surface area contributed by atoms with Gasteiger partial charge in [0.1, 0.15) is 13.2 Å². The molecule has 1 N–H and O–H groups in total. The smallest absolute Gasteiger partial charge is 0.230 e. The van der Waals surface area contributed by atoms with Gasteiger partial charge in [0, 0.05) is 25.5 Å². The number of nitrogens with one attached hydrogen (secondary N) is 1. The molecule has 0 spiro atoms. The molecule has 1 saturated carbocycles. The highest BCUT2D eigenvalue weighted by Gasteiger charge is 2.43. The summed E-state index contributed by atoms with van der Waals surface area (Å²) in [4.78, 5) is 17.6. The lowest BCUT2D eigenvalue weighted by molar-refractivity contribution is -0.126. The number of imidazole rings is 1. The summed E-state index contributed by atoms with van der Waals surface area (Å²) in [6.07, 6.45) is 9.38. The summed E-state index contributed by atoms with van der Waals surface area (Å²) in [6.45, 7) is 2.40. The number of fused-ring (bicyclic) bond motifs is 1. The maximum absolute atomic E-state index is 13.5. The molecule has 160 valence electrons. The molecular formula is C25H27N3O3. The molecule has 6 nitrogen and oxygen atoms in total. The van der Waals surface area contributed by atoms with E-state index in [0.717, 1.165) is 54.9 Å². The first-order chi connectivity index (χ1) is 15.2. The molecule has 2 aromatic carbocycles. The lowest BCUT2D eigenvalue weighted by atomic mass is 9.77. The van der Waals surface area contributed by atoms with E-state index in [-0.39, 0.29) is 5.91 Å². The molecule has 2 heterocycles. The van der Waals surface area contributed by atoms with Crippen LogP contribution in [0, 0.1) is 0 Å². The van der Waals surface area contributed by atoms with E-state index in [9.17, 15) is 4.79 Å². The molecule has 1 fully saturated rings. The summed E-state index contributed by atoms with van der Waals surface area (Å²) in [5.74, 6) is 1.61. The summed E-state index contributed by atoms with van der Waals surface area (Å²) in [5.41, 5.74) is 2.82. The molecular weight excluding hydrogens is 390 g/mol. The van der Waals surface area contributed by atoms with Crippen molar-refractivity contribution in [3.63, 3.8) is 0 Å². The lowest BCUT2D eigenvalue weighted by Gasteiger charge is -2.30. The Bertz CT molecular complexity index is 1060. The van der Waals surface area contributed by atoms with Crippen molar-refractivity contribution in [3.8, 4) is 11.5 Å². The Labute approximate surface area is 182 Å². The zero-order valence-corrected chi connectivity index (χ0v) is 17.5. The van der Waals surface area contributed by atoms with Gasteiger partial charge in [-0.05, 0) is 41.7 Å². The summed E-state index contributed by atoms with van der Waals surface area (Å²) in [5, 5.41) is 3.22. The van der Waals surface area contributed by atoms with Crippen LogP contribution in [0.3, 0.4) is 0 Å². The van der Waals surface area contributed by atoms with Gasteiger partial charge in [0.2, 0.25) is 5.91 Å². The fraction of sp³-hybridized carbons (Fsp3) is 0.360. The highest BCUT2D eigenvalue weighted by Crippen LogP contribution is 2.44. The van der Waals surface area contributed by atoms with Crippen molar-refractivity contribution in [2.45, 2.75) is 44.2 Å². The van der Waals surface area contributed by atoms with Crippen LogP contribution in [0.5, 0.6) is 11.5 Å². The fourth-order valence-electron chi connectivity index (χ4n) is 4.75. The Hall–Kier alpha value is -3.28. The summed E-state index contributed by atoms with van der Waals surface area (Å²) in [6, 6.07) is 14.3. The molecule has 31 heavy (non-hydrogen) atoms. The van der Waals surface area contributed by atoms with E-state index in [1.165, 1.54) is 5.56 Å². The first-order valence-electron chi connectivity index (χ1n) is 10.9. The van der Waals surface area contributed by atoms with Crippen molar-refractivity contribution in [2.75, 3.05) is 13.2 Å². The SMILES string of the molecule is O=C(NCc1cccc(Cn2ccnc2)c1)C1(c2ccc3c(c2)OCCO3)CCCC1. The van der Waals surface area contributed by atoms with E-state index in [0.29, 0.717) is 19.8 Å². The molecule has 1 amide bonds. The number of amides is 1. The number of nitrogens with zero attached hydrogens (tertiary/aromatic N) is 2. The van der Waals surface area contributed by atoms with E-state index in [2.05, 4.69) is 28.5 Å². The van der Waals surface area contributed by atoms with Crippen LogP contribution >= 0.6 is 0 Å². The molecule has 1 aliphatic heterocycles. The van der Waals surface area contributed by atoms with E-state index < -0.39 is 5.41 Å². The Kier molecular flexibility index (Phi) is 5.37. The summed E-state index contributed by atoms with van der Waals surface area (Å²) in [7, 11) is 0. The second-order valence-corrected chi connectivity index (χ2v) is 8.39. The van der Waals surface area contributed by atoms with Gasteiger partial charge in [-0.2, -0.15) is 0 Å². The van der Waals surface area contributed by atoms with Crippen molar-refractivity contribution in [1.29, 1.82) is 0 Å². The quantitative estimate of drug-likeness (QED) is 0.662. The third kappa shape index (κ3) is 4.02. The summed E-state index contributed by atoms with van der Waals surface area (Å²) < 4.78 is 13.5. The monoisotopic (exact) mass is 417 g/mol. The number of aromatic nitrogens is 2. The van der Waals surface area contributed by atoms with E-state index in [1.807, 2.05) is 41.4 Å². The van der Waals surface area contributed by atoms with Crippen molar-refractivity contribution in [3.05, 3.63) is 77.9 Å². The van der Waals surface area contributed by atoms with Gasteiger partial charge in [-0.15, -0.1) is 0 Å². The van der Waals surface area contributed by atoms with Crippen LogP contribution in [0.25, 0.3) is 0 Å². The average molecular weight is 418 g/mol. The minimum Gasteiger partial charge on any atom is -0.486 e. The fourth-order valence-corrected chi connectivity index (χ4v) is 4.75. The number of hydrogen-bond donors (Lipinski definition) is 1. The molecule has 0 unspecified atom stereocenters. The molecule has 0 saturated heterocycles. The van der Waals surface area contributed by atoms with Crippen LogP contribution < -0.4 is 14.8 Å². The Morgan fingerprint density at radius 3 is 2.65 bits per heavy atom. The zero-order chi connectivity index (χ0) is 21.1. The second kappa shape index (κ2) is 8.46. The van der Waals surface area contributed by atoms with E-state index in [1.54, 1.807) is 6.20 Å². The van der Waals surface area contributed by atoms with Gasteiger partial charge in [-0.25, -0.2) is 4.98 Å². The molecule has 0 atom stereocenters. The third-order valence-corrected chi connectivity index (χ3v) is 6.36. The van der Waals surface area contributed by atoms with Crippen LogP contribution in [-0.2, 0) is 23.3 Å². The maximum Gasteiger partial charge on any atom is 0.230 e. The first-order valence-corrected chi connectivity index (χ1v) is 10.9. The maximum atomic E-state index is 13.5. The zero-order valence-electron chi connectivity index (χ0n) is 17.5. The number of hydrogen-bond acceptors (Lipinski definition) is 4. The highest BCUT2D eigenvalue weighted by molar-refractivity contribution is 5.88. The molecule has 6 heteroatoms. The number of rotatable bonds is 6. The Balaban J connectivity index is 1.31. The molecule has 2 aliphatic rings. The lowest BCUT2D eigenvalue weighted by Crippen LogP contribution is -2.42. The number of benzene rings is 2. The minimum atomic E-state index is -0.496. The summed E-state index contributed by atoms with van der Waals surface area (Å²) >= 11 is 0. The van der Waals surface area contributed by atoms with Crippen molar-refractivity contribution < 1.29 is 14.3 Å². The van der Waals surface area contributed by atoms with Gasteiger partial charge in [0.25, 0.3) is 0 Å². The van der Waals surface area contributed by atoms with Crippen LogP contribution in [0.4, 0.5) is 0 Å². The van der Waals surface area contributed by atoms with Crippen molar-refractivity contribution >= 4 is 5.91 Å². The standard InChI is InChI=1S/C25H27N3O3/c29-24(27-16-19-4-3-5-20(14-19)17-28-11-10-26-18-28)25(8-1-2-9-25)21-6-7-22-23(15-21)31-13-12-30-22/h3-7,10-11,14-15,18H,1-2,8-9,12-13,16-17H2,(H,27,29). The van der Waals surface area contributed by atoms with E-state index >= 15 is 0 Å². The molecule has 0 bridgehead atoms. The van der Waals surface area contributed by atoms with E-state index in [4.69, 9.17) is 9.47 Å². The molecule has 0 radical (unpaired) electrons. The van der Waals surface area contributed by atoms with Crippen LogP contribution in [0.15, 0.2) is 61.2 Å². The van der Waals surface area contributed by atoms with Gasteiger partial charge in [0.15, 0.2) is 11.5 Å². The van der Waals surface area contributed by atoms with Crippen molar-refractivity contribution in [1.82, 2.24) is 14.9 Å². The Morgan fingerprint density at radius 2 is 1.84 bits per heavy atom.